The Morgan fingerprint density at radius 1 is 1.22 bits per heavy atom. The van der Waals surface area contributed by atoms with Crippen molar-refractivity contribution in [3.63, 3.8) is 0 Å². The van der Waals surface area contributed by atoms with Gasteiger partial charge in [0, 0.05) is 18.7 Å². The summed E-state index contributed by atoms with van der Waals surface area (Å²) in [6, 6.07) is 12.7. The van der Waals surface area contributed by atoms with Crippen LogP contribution in [0.2, 0.25) is 0 Å². The summed E-state index contributed by atoms with van der Waals surface area (Å²) in [6.07, 6.45) is 2.51. The highest BCUT2D eigenvalue weighted by Gasteiger charge is 2.32. The van der Waals surface area contributed by atoms with Gasteiger partial charge in [-0.15, -0.1) is 0 Å². The third kappa shape index (κ3) is 4.45. The van der Waals surface area contributed by atoms with Crippen LogP contribution in [-0.2, 0) is 6.42 Å². The van der Waals surface area contributed by atoms with E-state index in [0.717, 1.165) is 35.5 Å². The number of phenolic OH excluding ortho intramolecular Hbond substituents is 1. The van der Waals surface area contributed by atoms with Crippen molar-refractivity contribution in [2.24, 2.45) is 0 Å². The summed E-state index contributed by atoms with van der Waals surface area (Å²) in [4.78, 5) is 14.6. The van der Waals surface area contributed by atoms with Gasteiger partial charge in [-0.1, -0.05) is 12.1 Å². The standard InChI is InChI=1S/C21H26N2O4/c1-26-17-8-9-20(27-2)18(14-17)19-7-4-12-23(19)21(25)22-11-10-15-5-3-6-16(24)13-15/h3,5-6,8-9,13-14,19,24H,4,7,10-12H2,1-2H3,(H,22,25). The SMILES string of the molecule is COc1ccc(OC)c(C2CCCN2C(=O)NCCc2cccc(O)c2)c1. The molecule has 2 amide bonds. The predicted octanol–water partition coefficient (Wildman–Crippen LogP) is 3.50. The molecule has 1 atom stereocenters. The average Bonchev–Trinajstić information content (AvgIpc) is 3.17. The number of aromatic hydroxyl groups is 1. The highest BCUT2D eigenvalue weighted by Crippen LogP contribution is 2.38. The molecule has 1 aliphatic heterocycles. The number of ether oxygens (including phenoxy) is 2. The van der Waals surface area contributed by atoms with E-state index in [4.69, 9.17) is 9.47 Å². The lowest BCUT2D eigenvalue weighted by Crippen LogP contribution is -2.40. The summed E-state index contributed by atoms with van der Waals surface area (Å²) in [5.74, 6) is 1.76. The van der Waals surface area contributed by atoms with Crippen LogP contribution < -0.4 is 14.8 Å². The molecule has 6 heteroatoms. The zero-order valence-corrected chi connectivity index (χ0v) is 15.8. The largest absolute Gasteiger partial charge is 0.508 e. The van der Waals surface area contributed by atoms with Crippen LogP contribution in [0.15, 0.2) is 42.5 Å². The number of nitrogens with zero attached hydrogens (tertiary/aromatic N) is 1. The molecule has 1 fully saturated rings. The first-order chi connectivity index (χ1) is 13.1. The number of hydrogen-bond acceptors (Lipinski definition) is 4. The first-order valence-electron chi connectivity index (χ1n) is 9.16. The third-order valence-electron chi connectivity index (χ3n) is 4.91. The zero-order chi connectivity index (χ0) is 19.2. The Hall–Kier alpha value is -2.89. The van der Waals surface area contributed by atoms with Crippen molar-refractivity contribution >= 4 is 6.03 Å². The van der Waals surface area contributed by atoms with Crippen molar-refractivity contribution in [3.05, 3.63) is 53.6 Å². The molecule has 2 aromatic carbocycles. The number of benzene rings is 2. The van der Waals surface area contributed by atoms with Crippen molar-refractivity contribution in [1.82, 2.24) is 10.2 Å². The fraction of sp³-hybridized carbons (Fsp3) is 0.381. The molecule has 0 bridgehead atoms. The second-order valence-electron chi connectivity index (χ2n) is 6.61. The third-order valence-corrected chi connectivity index (χ3v) is 4.91. The number of amides is 2. The number of carbonyl (C=O) groups is 1. The summed E-state index contributed by atoms with van der Waals surface area (Å²) >= 11 is 0. The lowest BCUT2D eigenvalue weighted by atomic mass is 10.0. The number of hydrogen-bond donors (Lipinski definition) is 2. The lowest BCUT2D eigenvalue weighted by Gasteiger charge is -2.27. The van der Waals surface area contributed by atoms with Crippen molar-refractivity contribution in [3.8, 4) is 17.2 Å². The number of methoxy groups -OCH3 is 2. The van der Waals surface area contributed by atoms with Crippen molar-refractivity contribution in [1.29, 1.82) is 0 Å². The van der Waals surface area contributed by atoms with E-state index in [2.05, 4.69) is 5.32 Å². The number of carbonyl (C=O) groups excluding carboxylic acids is 1. The van der Waals surface area contributed by atoms with Crippen molar-refractivity contribution < 1.29 is 19.4 Å². The minimum atomic E-state index is -0.0810. The van der Waals surface area contributed by atoms with Crippen LogP contribution in [0.1, 0.15) is 30.0 Å². The maximum Gasteiger partial charge on any atom is 0.317 e. The Morgan fingerprint density at radius 2 is 2.07 bits per heavy atom. The van der Waals surface area contributed by atoms with Crippen molar-refractivity contribution in [2.75, 3.05) is 27.3 Å². The molecule has 0 spiro atoms. The number of phenols is 1. The Labute approximate surface area is 159 Å². The average molecular weight is 370 g/mol. The molecule has 1 saturated heterocycles. The molecule has 0 radical (unpaired) electrons. The quantitative estimate of drug-likeness (QED) is 0.816. The molecule has 1 heterocycles. The van der Waals surface area contributed by atoms with E-state index in [9.17, 15) is 9.90 Å². The maximum absolute atomic E-state index is 12.7. The first kappa shape index (κ1) is 18.9. The fourth-order valence-corrected chi connectivity index (χ4v) is 3.56. The van der Waals surface area contributed by atoms with Gasteiger partial charge < -0.3 is 24.8 Å². The monoisotopic (exact) mass is 370 g/mol. The Balaban J connectivity index is 1.66. The molecular weight excluding hydrogens is 344 g/mol. The van der Waals surface area contributed by atoms with E-state index in [-0.39, 0.29) is 17.8 Å². The molecule has 1 unspecified atom stereocenters. The van der Waals surface area contributed by atoms with Crippen LogP contribution >= 0.6 is 0 Å². The fourth-order valence-electron chi connectivity index (χ4n) is 3.56. The summed E-state index contributed by atoms with van der Waals surface area (Å²) in [5.41, 5.74) is 1.96. The highest BCUT2D eigenvalue weighted by molar-refractivity contribution is 5.75. The van der Waals surface area contributed by atoms with Crippen LogP contribution in [0, 0.1) is 0 Å². The second-order valence-corrected chi connectivity index (χ2v) is 6.61. The van der Waals surface area contributed by atoms with Gasteiger partial charge in [-0.05, 0) is 55.2 Å². The molecule has 0 aliphatic carbocycles. The summed E-state index contributed by atoms with van der Waals surface area (Å²) in [7, 11) is 3.27. The van der Waals surface area contributed by atoms with E-state index >= 15 is 0 Å². The van der Waals surface area contributed by atoms with E-state index < -0.39 is 0 Å². The normalized spacial score (nSPS) is 16.2. The summed E-state index contributed by atoms with van der Waals surface area (Å²) in [5, 5.41) is 12.5. The van der Waals surface area contributed by atoms with E-state index in [1.165, 1.54) is 0 Å². The number of urea groups is 1. The van der Waals surface area contributed by atoms with Crippen LogP contribution in [0.3, 0.4) is 0 Å². The van der Waals surface area contributed by atoms with Gasteiger partial charge >= 0.3 is 6.03 Å². The Kier molecular flexibility index (Phi) is 6.06. The molecule has 3 rings (SSSR count). The molecule has 2 N–H and O–H groups in total. The lowest BCUT2D eigenvalue weighted by molar-refractivity contribution is 0.192. The predicted molar refractivity (Wildman–Crippen MR) is 103 cm³/mol. The minimum absolute atomic E-state index is 0.0316. The van der Waals surface area contributed by atoms with E-state index in [1.807, 2.05) is 29.2 Å². The molecule has 1 aliphatic rings. The van der Waals surface area contributed by atoms with Crippen LogP contribution in [0.25, 0.3) is 0 Å². The van der Waals surface area contributed by atoms with Crippen LogP contribution in [-0.4, -0.2) is 43.3 Å². The molecule has 27 heavy (non-hydrogen) atoms. The Bertz CT molecular complexity index is 794. The van der Waals surface area contributed by atoms with Crippen molar-refractivity contribution in [2.45, 2.75) is 25.3 Å². The zero-order valence-electron chi connectivity index (χ0n) is 15.8. The molecule has 0 saturated carbocycles. The Morgan fingerprint density at radius 3 is 2.81 bits per heavy atom. The van der Waals surface area contributed by atoms with Crippen LogP contribution in [0.5, 0.6) is 17.2 Å². The van der Waals surface area contributed by atoms with Gasteiger partial charge in [-0.3, -0.25) is 0 Å². The number of nitrogens with one attached hydrogen (secondary N) is 1. The molecule has 2 aromatic rings. The van der Waals surface area contributed by atoms with Gasteiger partial charge in [-0.2, -0.15) is 0 Å². The van der Waals surface area contributed by atoms with Gasteiger partial charge in [-0.25, -0.2) is 4.79 Å². The van der Waals surface area contributed by atoms with Gasteiger partial charge in [0.05, 0.1) is 20.3 Å². The number of rotatable bonds is 6. The first-order valence-corrected chi connectivity index (χ1v) is 9.16. The molecule has 0 aromatic heterocycles. The van der Waals surface area contributed by atoms with Gasteiger partial charge in [0.25, 0.3) is 0 Å². The summed E-state index contributed by atoms with van der Waals surface area (Å²) < 4.78 is 10.8. The van der Waals surface area contributed by atoms with Gasteiger partial charge in [0.1, 0.15) is 17.2 Å². The summed E-state index contributed by atoms with van der Waals surface area (Å²) in [6.45, 7) is 1.23. The highest BCUT2D eigenvalue weighted by atomic mass is 16.5. The number of likely N-dealkylation sites (tertiary alicyclic amines) is 1. The second kappa shape index (κ2) is 8.66. The van der Waals surface area contributed by atoms with E-state index in [1.54, 1.807) is 32.4 Å². The molecule has 6 nitrogen and oxygen atoms in total. The maximum atomic E-state index is 12.7. The smallest absolute Gasteiger partial charge is 0.317 e. The van der Waals surface area contributed by atoms with Crippen LogP contribution in [0.4, 0.5) is 4.79 Å². The topological polar surface area (TPSA) is 71.0 Å². The van der Waals surface area contributed by atoms with Gasteiger partial charge in [0.15, 0.2) is 0 Å². The van der Waals surface area contributed by atoms with Gasteiger partial charge in [0.2, 0.25) is 0 Å². The molecule has 144 valence electrons. The molecular formula is C21H26N2O4. The minimum Gasteiger partial charge on any atom is -0.508 e. The van der Waals surface area contributed by atoms with E-state index in [0.29, 0.717) is 19.5 Å².